The summed E-state index contributed by atoms with van der Waals surface area (Å²) in [4.78, 5) is 27.1. The molecule has 0 aliphatic rings. The molecule has 0 spiro atoms. The van der Waals surface area contributed by atoms with Gasteiger partial charge in [0.1, 0.15) is 5.76 Å². The van der Waals surface area contributed by atoms with Gasteiger partial charge < -0.3 is 19.5 Å². The maximum atomic E-state index is 12.0. The summed E-state index contributed by atoms with van der Waals surface area (Å²) in [6.07, 6.45) is 0.857. The van der Waals surface area contributed by atoms with E-state index < -0.39 is 0 Å². The maximum Gasteiger partial charge on any atom is 0.245 e. The number of methoxy groups -OCH3 is 1. The number of hydrogen-bond acceptors (Lipinski definition) is 6. The highest BCUT2D eigenvalue weighted by atomic mass is 16.5. The largest absolute Gasteiger partial charge is 0.385 e. The van der Waals surface area contributed by atoms with Crippen molar-refractivity contribution in [3.63, 3.8) is 0 Å². The lowest BCUT2D eigenvalue weighted by atomic mass is 10.4. The number of nitrogens with one attached hydrogen (secondary N) is 1. The summed E-state index contributed by atoms with van der Waals surface area (Å²) in [6, 6.07) is 1.61. The number of hydrogen-bond donors (Lipinski definition) is 1. The van der Waals surface area contributed by atoms with Crippen LogP contribution in [0, 0.1) is 6.92 Å². The summed E-state index contributed by atoms with van der Waals surface area (Å²) < 4.78 is 9.82. The van der Waals surface area contributed by atoms with E-state index in [0.29, 0.717) is 18.2 Å². The van der Waals surface area contributed by atoms with Crippen LogP contribution in [0.3, 0.4) is 0 Å². The van der Waals surface area contributed by atoms with Crippen molar-refractivity contribution >= 4 is 17.6 Å². The molecule has 0 saturated carbocycles. The van der Waals surface area contributed by atoms with E-state index in [2.05, 4.69) is 10.5 Å². The van der Waals surface area contributed by atoms with Crippen molar-refractivity contribution in [1.29, 1.82) is 0 Å². The van der Waals surface area contributed by atoms with Crippen molar-refractivity contribution < 1.29 is 18.8 Å². The number of aryl methyl sites for hydroxylation is 1. The molecule has 1 heterocycles. The molecule has 0 fully saturated rings. The average molecular weight is 312 g/mol. The fourth-order valence-electron chi connectivity index (χ4n) is 1.82. The van der Waals surface area contributed by atoms with Gasteiger partial charge in [-0.1, -0.05) is 5.16 Å². The van der Waals surface area contributed by atoms with Gasteiger partial charge in [0.2, 0.25) is 11.8 Å². The Kier molecular flexibility index (Phi) is 7.55. The first-order valence-corrected chi connectivity index (χ1v) is 7.07. The van der Waals surface area contributed by atoms with E-state index in [-0.39, 0.29) is 24.9 Å². The van der Waals surface area contributed by atoms with Crippen LogP contribution >= 0.6 is 0 Å². The van der Waals surface area contributed by atoms with E-state index >= 15 is 0 Å². The van der Waals surface area contributed by atoms with Crippen molar-refractivity contribution in [3.8, 4) is 0 Å². The van der Waals surface area contributed by atoms with Crippen LogP contribution in [0.15, 0.2) is 10.6 Å². The second-order valence-corrected chi connectivity index (χ2v) is 5.20. The number of carbonyl (C=O) groups is 2. The summed E-state index contributed by atoms with van der Waals surface area (Å²) >= 11 is 0. The molecule has 0 radical (unpaired) electrons. The number of nitrogens with zero attached hydrogens (tertiary/aromatic N) is 3. The number of anilines is 1. The van der Waals surface area contributed by atoms with Gasteiger partial charge >= 0.3 is 0 Å². The summed E-state index contributed by atoms with van der Waals surface area (Å²) in [5.41, 5.74) is 0. The number of aromatic nitrogens is 1. The molecule has 2 amide bonds. The molecule has 1 aromatic rings. The molecule has 0 aliphatic heterocycles. The van der Waals surface area contributed by atoms with Crippen molar-refractivity contribution in [1.82, 2.24) is 15.0 Å². The first-order chi connectivity index (χ1) is 10.4. The molecule has 1 rings (SSSR count). The Labute approximate surface area is 130 Å². The average Bonchev–Trinajstić information content (AvgIpc) is 2.83. The number of likely N-dealkylation sites (N-methyl/N-ethyl adjacent to an activating group) is 2. The SMILES string of the molecule is COCCCN(C)CC(=O)N(C)CC(=O)Nc1cc(C)on1. The summed E-state index contributed by atoms with van der Waals surface area (Å²) in [5, 5.41) is 6.24. The lowest BCUT2D eigenvalue weighted by molar-refractivity contribution is -0.134. The molecule has 0 aromatic carbocycles. The highest BCUT2D eigenvalue weighted by Gasteiger charge is 2.15. The van der Waals surface area contributed by atoms with Gasteiger partial charge in [-0.15, -0.1) is 0 Å². The molecule has 8 heteroatoms. The molecule has 0 atom stereocenters. The van der Waals surface area contributed by atoms with Gasteiger partial charge in [0, 0.05) is 33.4 Å². The van der Waals surface area contributed by atoms with Gasteiger partial charge in [-0.2, -0.15) is 0 Å². The normalized spacial score (nSPS) is 10.8. The second kappa shape index (κ2) is 9.16. The Morgan fingerprint density at radius 1 is 1.36 bits per heavy atom. The van der Waals surface area contributed by atoms with Crippen LogP contribution in [0.4, 0.5) is 5.82 Å². The zero-order chi connectivity index (χ0) is 16.5. The van der Waals surface area contributed by atoms with Crippen molar-refractivity contribution in [2.24, 2.45) is 0 Å². The van der Waals surface area contributed by atoms with Crippen LogP contribution in [-0.2, 0) is 14.3 Å². The molecule has 1 aromatic heterocycles. The van der Waals surface area contributed by atoms with E-state index in [4.69, 9.17) is 9.26 Å². The molecular formula is C14H24N4O4. The van der Waals surface area contributed by atoms with Crippen LogP contribution in [0.5, 0.6) is 0 Å². The van der Waals surface area contributed by atoms with Crippen LogP contribution < -0.4 is 5.32 Å². The van der Waals surface area contributed by atoms with E-state index in [9.17, 15) is 9.59 Å². The molecule has 124 valence electrons. The lowest BCUT2D eigenvalue weighted by Crippen LogP contribution is -2.41. The second-order valence-electron chi connectivity index (χ2n) is 5.20. The minimum absolute atomic E-state index is 0.0311. The fraction of sp³-hybridized carbons (Fsp3) is 0.643. The van der Waals surface area contributed by atoms with Gasteiger partial charge in [-0.3, -0.25) is 14.5 Å². The zero-order valence-electron chi connectivity index (χ0n) is 13.6. The third-order valence-corrected chi connectivity index (χ3v) is 3.00. The molecule has 0 saturated heterocycles. The van der Waals surface area contributed by atoms with Gasteiger partial charge in [-0.25, -0.2) is 0 Å². The monoisotopic (exact) mass is 312 g/mol. The lowest BCUT2D eigenvalue weighted by Gasteiger charge is -2.21. The van der Waals surface area contributed by atoms with Crippen LogP contribution in [-0.4, -0.2) is 74.2 Å². The van der Waals surface area contributed by atoms with E-state index in [1.165, 1.54) is 4.90 Å². The Morgan fingerprint density at radius 3 is 2.68 bits per heavy atom. The molecule has 0 unspecified atom stereocenters. The highest BCUT2D eigenvalue weighted by Crippen LogP contribution is 2.06. The molecular weight excluding hydrogens is 288 g/mol. The minimum Gasteiger partial charge on any atom is -0.385 e. The van der Waals surface area contributed by atoms with Crippen LogP contribution in [0.1, 0.15) is 12.2 Å². The first-order valence-electron chi connectivity index (χ1n) is 7.07. The van der Waals surface area contributed by atoms with Crippen molar-refractivity contribution in [3.05, 3.63) is 11.8 Å². The summed E-state index contributed by atoms with van der Waals surface area (Å²) in [6.45, 7) is 3.39. The van der Waals surface area contributed by atoms with Gasteiger partial charge in [0.15, 0.2) is 5.82 Å². The fourth-order valence-corrected chi connectivity index (χ4v) is 1.82. The molecule has 0 bridgehead atoms. The summed E-state index contributed by atoms with van der Waals surface area (Å²) in [7, 11) is 5.10. The van der Waals surface area contributed by atoms with Crippen molar-refractivity contribution in [2.75, 3.05) is 52.8 Å². The van der Waals surface area contributed by atoms with Gasteiger partial charge in [0.05, 0.1) is 13.1 Å². The third-order valence-electron chi connectivity index (χ3n) is 3.00. The quantitative estimate of drug-likeness (QED) is 0.662. The van der Waals surface area contributed by atoms with E-state index in [1.54, 1.807) is 27.1 Å². The molecule has 1 N–H and O–H groups in total. The number of ether oxygens (including phenoxy) is 1. The Bertz CT molecular complexity index is 489. The van der Waals surface area contributed by atoms with E-state index in [0.717, 1.165) is 13.0 Å². The predicted octanol–water partition coefficient (Wildman–Crippen LogP) is 0.348. The Hall–Kier alpha value is -1.93. The van der Waals surface area contributed by atoms with Gasteiger partial charge in [-0.05, 0) is 20.4 Å². The highest BCUT2D eigenvalue weighted by molar-refractivity contribution is 5.93. The summed E-state index contributed by atoms with van der Waals surface area (Å²) in [5.74, 6) is 0.523. The van der Waals surface area contributed by atoms with Crippen LogP contribution in [0.2, 0.25) is 0 Å². The number of amides is 2. The van der Waals surface area contributed by atoms with Crippen LogP contribution in [0.25, 0.3) is 0 Å². The van der Waals surface area contributed by atoms with Gasteiger partial charge in [0.25, 0.3) is 0 Å². The maximum absolute atomic E-state index is 12.0. The topological polar surface area (TPSA) is 87.9 Å². The molecule has 8 nitrogen and oxygen atoms in total. The number of rotatable bonds is 9. The molecule has 22 heavy (non-hydrogen) atoms. The van der Waals surface area contributed by atoms with Crippen molar-refractivity contribution in [2.45, 2.75) is 13.3 Å². The minimum atomic E-state index is -0.314. The van der Waals surface area contributed by atoms with E-state index in [1.807, 2.05) is 11.9 Å². The Balaban J connectivity index is 2.32. The predicted molar refractivity (Wildman–Crippen MR) is 81.5 cm³/mol. The smallest absolute Gasteiger partial charge is 0.245 e. The standard InChI is InChI=1S/C14H24N4O4/c1-11-8-12(16-22-11)15-13(19)9-18(3)14(20)10-17(2)6-5-7-21-4/h8H,5-7,9-10H2,1-4H3,(H,15,16,19). The molecule has 0 aliphatic carbocycles. The number of carbonyl (C=O) groups excluding carboxylic acids is 2. The zero-order valence-corrected chi connectivity index (χ0v) is 13.6. The first kappa shape index (κ1) is 18.1. The third kappa shape index (κ3) is 6.68. The Morgan fingerprint density at radius 2 is 2.09 bits per heavy atom.